The topological polar surface area (TPSA) is 90.7 Å². The second-order valence-corrected chi connectivity index (χ2v) is 7.36. The van der Waals surface area contributed by atoms with Crippen molar-refractivity contribution in [3.8, 4) is 6.07 Å². The van der Waals surface area contributed by atoms with E-state index in [-0.39, 0.29) is 23.0 Å². The summed E-state index contributed by atoms with van der Waals surface area (Å²) in [6.07, 6.45) is 1.51. The average Bonchev–Trinajstić information content (AvgIpc) is 2.68. The van der Waals surface area contributed by atoms with Crippen molar-refractivity contribution >= 4 is 23.2 Å². The zero-order valence-corrected chi connectivity index (χ0v) is 16.0. The lowest BCUT2D eigenvalue weighted by Gasteiger charge is -2.19. The van der Waals surface area contributed by atoms with Gasteiger partial charge in [0.05, 0.1) is 11.6 Å². The largest absolute Gasteiger partial charge is 0.324 e. The number of amides is 1. The lowest BCUT2D eigenvalue weighted by molar-refractivity contribution is 0.102. The molecule has 1 aromatic heterocycles. The van der Waals surface area contributed by atoms with Crippen LogP contribution in [-0.2, 0) is 5.41 Å². The highest BCUT2D eigenvalue weighted by Gasteiger charge is 2.14. The molecule has 140 valence electrons. The highest BCUT2D eigenvalue weighted by atomic mass is 16.1. The van der Waals surface area contributed by atoms with E-state index in [1.54, 1.807) is 30.3 Å². The molecule has 0 aliphatic heterocycles. The second-order valence-electron chi connectivity index (χ2n) is 7.36. The van der Waals surface area contributed by atoms with Crippen LogP contribution >= 0.6 is 0 Å². The van der Waals surface area contributed by atoms with Gasteiger partial charge in [0.2, 0.25) is 5.95 Å². The molecule has 3 aromatic rings. The van der Waals surface area contributed by atoms with Gasteiger partial charge >= 0.3 is 0 Å². The van der Waals surface area contributed by atoms with Crippen LogP contribution in [0.4, 0.5) is 17.3 Å². The van der Waals surface area contributed by atoms with Crippen LogP contribution in [0.15, 0.2) is 60.8 Å². The average molecular weight is 371 g/mol. The van der Waals surface area contributed by atoms with E-state index in [4.69, 9.17) is 5.26 Å². The molecule has 2 N–H and O–H groups in total. The lowest BCUT2D eigenvalue weighted by atomic mass is 9.87. The first-order valence-corrected chi connectivity index (χ1v) is 8.87. The second kappa shape index (κ2) is 7.89. The van der Waals surface area contributed by atoms with E-state index < -0.39 is 0 Å². The minimum Gasteiger partial charge on any atom is -0.324 e. The van der Waals surface area contributed by atoms with E-state index in [9.17, 15) is 4.79 Å². The smallest absolute Gasteiger partial charge is 0.274 e. The van der Waals surface area contributed by atoms with Gasteiger partial charge in [-0.2, -0.15) is 5.26 Å². The Labute approximate surface area is 164 Å². The van der Waals surface area contributed by atoms with E-state index >= 15 is 0 Å². The Morgan fingerprint density at radius 3 is 2.46 bits per heavy atom. The molecule has 6 nitrogen and oxygen atoms in total. The Bertz CT molecular complexity index is 1030. The number of nitriles is 1. The van der Waals surface area contributed by atoms with Crippen LogP contribution in [0.2, 0.25) is 0 Å². The molecule has 0 saturated carbocycles. The summed E-state index contributed by atoms with van der Waals surface area (Å²) in [6.45, 7) is 6.42. The zero-order valence-electron chi connectivity index (χ0n) is 16.0. The number of hydrogen-bond acceptors (Lipinski definition) is 5. The van der Waals surface area contributed by atoms with E-state index in [1.165, 1.54) is 11.8 Å². The molecule has 0 saturated heterocycles. The van der Waals surface area contributed by atoms with Gasteiger partial charge in [0.1, 0.15) is 5.69 Å². The van der Waals surface area contributed by atoms with Gasteiger partial charge in [-0.15, -0.1) is 0 Å². The maximum atomic E-state index is 12.5. The Morgan fingerprint density at radius 2 is 1.79 bits per heavy atom. The minimum absolute atomic E-state index is 0.0542. The number of rotatable bonds is 4. The molecule has 28 heavy (non-hydrogen) atoms. The number of hydrogen-bond donors (Lipinski definition) is 2. The van der Waals surface area contributed by atoms with Crippen molar-refractivity contribution in [1.29, 1.82) is 5.26 Å². The number of carbonyl (C=O) groups is 1. The van der Waals surface area contributed by atoms with Crippen molar-refractivity contribution < 1.29 is 4.79 Å². The summed E-state index contributed by atoms with van der Waals surface area (Å²) < 4.78 is 0. The predicted octanol–water partition coefficient (Wildman–Crippen LogP) is 4.64. The fraction of sp³-hybridized carbons (Fsp3) is 0.182. The number of anilines is 3. The molecule has 0 fully saturated rings. The van der Waals surface area contributed by atoms with Gasteiger partial charge in [0.25, 0.3) is 5.91 Å². The summed E-state index contributed by atoms with van der Waals surface area (Å²) in [5.74, 6) is -0.0365. The van der Waals surface area contributed by atoms with Gasteiger partial charge in [0.15, 0.2) is 0 Å². The van der Waals surface area contributed by atoms with Crippen molar-refractivity contribution in [2.75, 3.05) is 10.6 Å². The summed E-state index contributed by atoms with van der Waals surface area (Å²) in [5, 5.41) is 14.8. The predicted molar refractivity (Wildman–Crippen MR) is 110 cm³/mol. The lowest BCUT2D eigenvalue weighted by Crippen LogP contribution is -2.15. The van der Waals surface area contributed by atoms with E-state index in [1.807, 2.05) is 24.3 Å². The first-order chi connectivity index (χ1) is 13.3. The molecule has 0 aliphatic carbocycles. The fourth-order valence-corrected chi connectivity index (χ4v) is 2.59. The number of nitrogens with zero attached hydrogens (tertiary/aromatic N) is 3. The third-order valence-electron chi connectivity index (χ3n) is 4.14. The summed E-state index contributed by atoms with van der Waals surface area (Å²) in [5.41, 5.74) is 3.39. The van der Waals surface area contributed by atoms with Gasteiger partial charge in [-0.05, 0) is 47.4 Å². The Morgan fingerprint density at radius 1 is 1.04 bits per heavy atom. The Kier molecular flexibility index (Phi) is 5.37. The van der Waals surface area contributed by atoms with Crippen molar-refractivity contribution in [2.45, 2.75) is 26.2 Å². The first-order valence-electron chi connectivity index (χ1n) is 8.87. The molecule has 3 rings (SSSR count). The molecule has 2 aromatic carbocycles. The van der Waals surface area contributed by atoms with Crippen LogP contribution in [0.5, 0.6) is 0 Å². The minimum atomic E-state index is -0.320. The monoisotopic (exact) mass is 371 g/mol. The maximum Gasteiger partial charge on any atom is 0.274 e. The molecular weight excluding hydrogens is 350 g/mol. The van der Waals surface area contributed by atoms with Gasteiger partial charge in [-0.1, -0.05) is 39.0 Å². The van der Waals surface area contributed by atoms with Crippen LogP contribution in [0.1, 0.15) is 42.4 Å². The molecule has 0 aliphatic rings. The Hall–Kier alpha value is -3.72. The van der Waals surface area contributed by atoms with E-state index in [2.05, 4.69) is 47.4 Å². The Balaban J connectivity index is 1.72. The van der Waals surface area contributed by atoms with E-state index in [0.717, 1.165) is 0 Å². The summed E-state index contributed by atoms with van der Waals surface area (Å²) >= 11 is 0. The third kappa shape index (κ3) is 4.71. The van der Waals surface area contributed by atoms with Crippen LogP contribution in [0.25, 0.3) is 0 Å². The fourth-order valence-electron chi connectivity index (χ4n) is 2.59. The normalized spacial score (nSPS) is 10.8. The van der Waals surface area contributed by atoms with Crippen molar-refractivity contribution in [1.82, 2.24) is 9.97 Å². The summed E-state index contributed by atoms with van der Waals surface area (Å²) in [4.78, 5) is 20.9. The quantitative estimate of drug-likeness (QED) is 0.697. The standard InChI is InChI=1S/C22H21N5O/c1-22(2,3)16-7-9-17(10-8-16)25-20(28)19-11-12-24-21(27-19)26-18-6-4-5-15(13-18)14-23/h4-13H,1-3H3,(H,25,28)(H,24,26,27). The summed E-state index contributed by atoms with van der Waals surface area (Å²) in [7, 11) is 0. The van der Waals surface area contributed by atoms with Crippen molar-refractivity contribution in [2.24, 2.45) is 0 Å². The molecule has 1 amide bonds. The first kappa shape index (κ1) is 19.1. The third-order valence-corrected chi connectivity index (χ3v) is 4.14. The van der Waals surface area contributed by atoms with Crippen LogP contribution in [-0.4, -0.2) is 15.9 Å². The van der Waals surface area contributed by atoms with Gasteiger partial charge in [0, 0.05) is 17.6 Å². The SMILES string of the molecule is CC(C)(C)c1ccc(NC(=O)c2ccnc(Nc3cccc(C#N)c3)n2)cc1. The molecular formula is C22H21N5O. The molecule has 0 radical (unpaired) electrons. The number of aromatic nitrogens is 2. The molecule has 0 unspecified atom stereocenters. The highest BCUT2D eigenvalue weighted by molar-refractivity contribution is 6.03. The van der Waals surface area contributed by atoms with E-state index in [0.29, 0.717) is 16.9 Å². The van der Waals surface area contributed by atoms with Crippen LogP contribution < -0.4 is 10.6 Å². The van der Waals surface area contributed by atoms with Gasteiger partial charge in [-0.3, -0.25) is 4.79 Å². The number of nitrogens with one attached hydrogen (secondary N) is 2. The van der Waals surface area contributed by atoms with Gasteiger partial charge in [-0.25, -0.2) is 9.97 Å². The van der Waals surface area contributed by atoms with Gasteiger partial charge < -0.3 is 10.6 Å². The van der Waals surface area contributed by atoms with Crippen molar-refractivity contribution in [3.05, 3.63) is 77.6 Å². The zero-order chi connectivity index (χ0) is 20.1. The van der Waals surface area contributed by atoms with Crippen LogP contribution in [0, 0.1) is 11.3 Å². The number of benzene rings is 2. The molecule has 1 heterocycles. The molecule has 0 spiro atoms. The van der Waals surface area contributed by atoms with Crippen LogP contribution in [0.3, 0.4) is 0 Å². The van der Waals surface area contributed by atoms with Crippen molar-refractivity contribution in [3.63, 3.8) is 0 Å². The molecule has 0 bridgehead atoms. The number of carbonyl (C=O) groups excluding carboxylic acids is 1. The molecule has 6 heteroatoms. The molecule has 0 atom stereocenters. The highest BCUT2D eigenvalue weighted by Crippen LogP contribution is 2.23. The maximum absolute atomic E-state index is 12.5. The summed E-state index contributed by atoms with van der Waals surface area (Å²) in [6, 6.07) is 18.4.